The molecule has 0 heterocycles. The summed E-state index contributed by atoms with van der Waals surface area (Å²) < 4.78 is 65.2. The molecule has 1 aliphatic rings. The van der Waals surface area contributed by atoms with Gasteiger partial charge in [-0.15, -0.1) is 0 Å². The molecule has 0 amide bonds. The van der Waals surface area contributed by atoms with Crippen LogP contribution >= 0.6 is 0 Å². The first-order valence-corrected chi connectivity index (χ1v) is 8.15. The topological polar surface area (TPSA) is 46.5 Å². The molecule has 0 unspecified atom stereocenters. The zero-order valence-corrected chi connectivity index (χ0v) is 13.0. The molecule has 2 rings (SSSR count). The number of rotatable bonds is 3. The number of benzene rings is 1. The maximum absolute atomic E-state index is 12.3. The van der Waals surface area contributed by atoms with Gasteiger partial charge >= 0.3 is 6.18 Å². The number of hydrogen-bond donors (Lipinski definition) is 0. The second-order valence-electron chi connectivity index (χ2n) is 4.96. The molecule has 0 aromatic heterocycles. The van der Waals surface area contributed by atoms with Crippen molar-refractivity contribution in [2.75, 3.05) is 0 Å². The van der Waals surface area contributed by atoms with Crippen molar-refractivity contribution in [1.29, 1.82) is 0 Å². The van der Waals surface area contributed by atoms with E-state index in [1.807, 2.05) is 6.92 Å². The van der Waals surface area contributed by atoms with Crippen LogP contribution in [0.5, 0.6) is 0 Å². The molecule has 3 nitrogen and oxygen atoms in total. The lowest BCUT2D eigenvalue weighted by atomic mass is 10.0. The van der Waals surface area contributed by atoms with Crippen molar-refractivity contribution in [1.82, 2.24) is 0 Å². The van der Waals surface area contributed by atoms with Gasteiger partial charge in [-0.25, -0.2) is 0 Å². The Morgan fingerprint density at radius 2 is 1.70 bits per heavy atom. The third-order valence-corrected chi connectivity index (χ3v) is 4.33. The number of nitrogens with zero attached hydrogens (tertiary/aromatic N) is 1. The van der Waals surface area contributed by atoms with Gasteiger partial charge in [-0.05, 0) is 30.7 Å². The highest BCUT2D eigenvalue weighted by Crippen LogP contribution is 2.23. The van der Waals surface area contributed by atoms with Gasteiger partial charge in [0.15, 0.2) is 0 Å². The van der Waals surface area contributed by atoms with Crippen molar-refractivity contribution in [3.8, 4) is 0 Å². The lowest BCUT2D eigenvalue weighted by molar-refractivity contribution is -0.125. The Labute approximate surface area is 132 Å². The van der Waals surface area contributed by atoms with Crippen LogP contribution < -0.4 is 0 Å². The maximum Gasteiger partial charge on any atom is 0.392 e. The summed E-state index contributed by atoms with van der Waals surface area (Å²) in [5.74, 6) is 0. The van der Waals surface area contributed by atoms with Gasteiger partial charge in [-0.1, -0.05) is 42.0 Å². The average Bonchev–Trinajstić information content (AvgIpc) is 2.45. The lowest BCUT2D eigenvalue weighted by Gasteiger charge is -2.09. The molecular weight excluding hydrogens is 327 g/mol. The van der Waals surface area contributed by atoms with Gasteiger partial charge in [-0.2, -0.15) is 26.0 Å². The summed E-state index contributed by atoms with van der Waals surface area (Å²) in [5, 5.41) is 0. The minimum Gasteiger partial charge on any atom is -0.199 e. The summed E-state index contributed by atoms with van der Waals surface area (Å²) >= 11 is 0. The molecule has 0 atom stereocenters. The molecule has 0 aliphatic heterocycles. The third-order valence-electron chi connectivity index (χ3n) is 3.03. The predicted octanol–water partition coefficient (Wildman–Crippen LogP) is 4.13. The van der Waals surface area contributed by atoms with E-state index in [0.717, 1.165) is 11.6 Å². The fourth-order valence-electron chi connectivity index (χ4n) is 1.86. The smallest absolute Gasteiger partial charge is 0.199 e. The number of hydrogen-bond acceptors (Lipinski definition) is 2. The highest BCUT2D eigenvalue weighted by atomic mass is 32.2. The fraction of sp³-hybridized carbons (Fsp3) is 0.188. The van der Waals surface area contributed by atoms with Crippen LogP contribution in [0.1, 0.15) is 12.0 Å². The molecule has 0 fully saturated rings. The van der Waals surface area contributed by atoms with Crippen molar-refractivity contribution in [2.45, 2.75) is 24.4 Å². The Balaban J connectivity index is 2.37. The van der Waals surface area contributed by atoms with Crippen LogP contribution in [0.15, 0.2) is 69.5 Å². The van der Waals surface area contributed by atoms with Crippen LogP contribution in [0.3, 0.4) is 0 Å². The van der Waals surface area contributed by atoms with E-state index in [2.05, 4.69) is 4.40 Å². The molecule has 1 aromatic carbocycles. The normalized spacial score (nSPS) is 18.8. The van der Waals surface area contributed by atoms with Crippen LogP contribution in [-0.4, -0.2) is 20.3 Å². The minimum atomic E-state index is -4.36. The number of sulfonamides is 1. The van der Waals surface area contributed by atoms with Gasteiger partial charge < -0.3 is 0 Å². The summed E-state index contributed by atoms with van der Waals surface area (Å²) in [7, 11) is -3.98. The Morgan fingerprint density at radius 3 is 2.30 bits per heavy atom. The van der Waals surface area contributed by atoms with E-state index in [9.17, 15) is 21.6 Å². The maximum atomic E-state index is 12.3. The van der Waals surface area contributed by atoms with E-state index in [0.29, 0.717) is 0 Å². The molecule has 1 aliphatic carbocycles. The number of aryl methyl sites for hydroxylation is 1. The zero-order valence-electron chi connectivity index (χ0n) is 12.2. The Morgan fingerprint density at radius 1 is 1.09 bits per heavy atom. The molecule has 1 aromatic rings. The summed E-state index contributed by atoms with van der Waals surface area (Å²) in [4.78, 5) is -0.00581. The molecule has 7 heteroatoms. The van der Waals surface area contributed by atoms with Gasteiger partial charge in [0, 0.05) is 0 Å². The lowest BCUT2D eigenvalue weighted by Crippen LogP contribution is -2.09. The van der Waals surface area contributed by atoms with Gasteiger partial charge in [0.25, 0.3) is 10.0 Å². The standard InChI is InChI=1S/C16H14F3NO2S/c1-12-6-8-14(9-7-12)23(21,22)20-15-5-3-2-4-13(15)10-11-16(17,18)19/h2-10H,11H2,1H3/b13-10+,20-15-. The van der Waals surface area contributed by atoms with E-state index in [-0.39, 0.29) is 16.2 Å². The van der Waals surface area contributed by atoms with E-state index in [4.69, 9.17) is 0 Å². The van der Waals surface area contributed by atoms with Crippen molar-refractivity contribution in [2.24, 2.45) is 4.40 Å². The molecule has 0 N–H and O–H groups in total. The summed E-state index contributed by atoms with van der Waals surface area (Å²) in [6.07, 6.45) is 1.23. The number of halogens is 3. The number of allylic oxidation sites excluding steroid dienone is 6. The molecular formula is C16H14F3NO2S. The number of alkyl halides is 3. The molecule has 23 heavy (non-hydrogen) atoms. The Bertz CT molecular complexity index is 799. The molecule has 0 bridgehead atoms. The van der Waals surface area contributed by atoms with E-state index in [1.165, 1.54) is 36.4 Å². The summed E-state index contributed by atoms with van der Waals surface area (Å²) in [6, 6.07) is 6.08. The van der Waals surface area contributed by atoms with Crippen LogP contribution in [0.25, 0.3) is 0 Å². The van der Waals surface area contributed by atoms with Gasteiger partial charge in [-0.3, -0.25) is 0 Å². The van der Waals surface area contributed by atoms with E-state index >= 15 is 0 Å². The second-order valence-corrected chi connectivity index (χ2v) is 6.57. The van der Waals surface area contributed by atoms with Crippen molar-refractivity contribution >= 4 is 15.7 Å². The average molecular weight is 341 g/mol. The zero-order chi connectivity index (χ0) is 17.1. The molecule has 0 saturated heterocycles. The summed E-state index contributed by atoms with van der Waals surface area (Å²) in [5.41, 5.74) is 1.00. The highest BCUT2D eigenvalue weighted by molar-refractivity contribution is 7.90. The van der Waals surface area contributed by atoms with Gasteiger partial charge in [0.05, 0.1) is 17.0 Å². The van der Waals surface area contributed by atoms with Gasteiger partial charge in [0.2, 0.25) is 0 Å². The second kappa shape index (κ2) is 6.54. The van der Waals surface area contributed by atoms with Crippen molar-refractivity contribution in [3.05, 3.63) is 65.8 Å². The minimum absolute atomic E-state index is 0.00581. The van der Waals surface area contributed by atoms with E-state index in [1.54, 1.807) is 12.1 Å². The molecule has 0 radical (unpaired) electrons. The first-order valence-electron chi connectivity index (χ1n) is 6.71. The highest BCUT2D eigenvalue weighted by Gasteiger charge is 2.26. The third kappa shape index (κ3) is 4.92. The van der Waals surface area contributed by atoms with Gasteiger partial charge in [0.1, 0.15) is 0 Å². The van der Waals surface area contributed by atoms with Crippen LogP contribution in [-0.2, 0) is 10.0 Å². The first-order chi connectivity index (χ1) is 10.7. The molecule has 0 spiro atoms. The SMILES string of the molecule is Cc1ccc(S(=O)(=O)/N=C2/C=CC=C/C2=C\CC(F)(F)F)cc1. The monoisotopic (exact) mass is 341 g/mol. The molecule has 0 saturated carbocycles. The van der Waals surface area contributed by atoms with Crippen molar-refractivity contribution in [3.63, 3.8) is 0 Å². The Hall–Kier alpha value is -2.15. The van der Waals surface area contributed by atoms with E-state index < -0.39 is 22.6 Å². The largest absolute Gasteiger partial charge is 0.392 e. The van der Waals surface area contributed by atoms with Crippen molar-refractivity contribution < 1.29 is 21.6 Å². The Kier molecular flexibility index (Phi) is 4.89. The van der Waals surface area contributed by atoms with Crippen LogP contribution in [0.2, 0.25) is 0 Å². The molecule has 122 valence electrons. The predicted molar refractivity (Wildman–Crippen MR) is 82.8 cm³/mol. The first kappa shape index (κ1) is 17.2. The van der Waals surface area contributed by atoms with Crippen LogP contribution in [0, 0.1) is 6.92 Å². The quantitative estimate of drug-likeness (QED) is 0.830. The summed E-state index contributed by atoms with van der Waals surface area (Å²) in [6.45, 7) is 1.81. The van der Waals surface area contributed by atoms with Crippen LogP contribution in [0.4, 0.5) is 13.2 Å². The fourth-order valence-corrected chi connectivity index (χ4v) is 2.87.